The van der Waals surface area contributed by atoms with Gasteiger partial charge in [0.1, 0.15) is 12.3 Å². The van der Waals surface area contributed by atoms with Crippen LogP contribution in [0.25, 0.3) is 0 Å². The molecular weight excluding hydrogens is 314 g/mol. The number of para-hydroxylation sites is 1. The Morgan fingerprint density at radius 2 is 2.00 bits per heavy atom. The van der Waals surface area contributed by atoms with Crippen LogP contribution in [0, 0.1) is 6.92 Å². The van der Waals surface area contributed by atoms with Gasteiger partial charge in [0.2, 0.25) is 11.8 Å². The fourth-order valence-corrected chi connectivity index (χ4v) is 2.11. The van der Waals surface area contributed by atoms with Gasteiger partial charge in [-0.2, -0.15) is 0 Å². The molecule has 0 aliphatic rings. The van der Waals surface area contributed by atoms with Crippen molar-refractivity contribution >= 4 is 29.3 Å². The summed E-state index contributed by atoms with van der Waals surface area (Å²) in [6.07, 6.45) is 0. The second kappa shape index (κ2) is 7.40. The van der Waals surface area contributed by atoms with E-state index >= 15 is 0 Å². The van der Waals surface area contributed by atoms with E-state index in [1.807, 2.05) is 0 Å². The third-order valence-electron chi connectivity index (χ3n) is 3.18. The highest BCUT2D eigenvalue weighted by molar-refractivity contribution is 6.06. The molecule has 1 aromatic heterocycles. The van der Waals surface area contributed by atoms with Crippen LogP contribution in [0.5, 0.6) is 0 Å². The molecule has 0 aliphatic heterocycles. The molecule has 0 bridgehead atoms. The van der Waals surface area contributed by atoms with E-state index in [0.29, 0.717) is 11.4 Å². The Bertz CT molecular complexity index is 769. The number of nitrogens with zero attached hydrogens (tertiary/aromatic N) is 2. The molecule has 0 radical (unpaired) electrons. The molecule has 2 amide bonds. The molecule has 0 unspecified atom stereocenters. The van der Waals surface area contributed by atoms with Crippen LogP contribution < -0.4 is 10.2 Å². The molecule has 126 valence electrons. The Morgan fingerprint density at radius 3 is 2.58 bits per heavy atom. The van der Waals surface area contributed by atoms with E-state index in [9.17, 15) is 14.4 Å². The topological polar surface area (TPSA) is 102 Å². The standard InChI is InChI=1S/C16H17N3O5/c1-10-8-14(18-24-10)17-15(21)9-19(11(2)20)13-7-5-4-6-12(13)16(22)23-3/h4-8H,9H2,1-3H3,(H,17,18,21). The number of carbonyl (C=O) groups is 3. The number of benzene rings is 1. The highest BCUT2D eigenvalue weighted by Crippen LogP contribution is 2.21. The van der Waals surface area contributed by atoms with Gasteiger partial charge in [-0.3, -0.25) is 9.59 Å². The molecule has 1 heterocycles. The predicted molar refractivity (Wildman–Crippen MR) is 85.7 cm³/mol. The number of amides is 2. The number of hydrogen-bond donors (Lipinski definition) is 1. The molecule has 0 fully saturated rings. The molecule has 0 spiro atoms. The number of ether oxygens (including phenoxy) is 1. The summed E-state index contributed by atoms with van der Waals surface area (Å²) in [5.74, 6) is -0.660. The maximum atomic E-state index is 12.2. The minimum absolute atomic E-state index is 0.195. The van der Waals surface area contributed by atoms with Gasteiger partial charge in [0.05, 0.1) is 18.4 Å². The van der Waals surface area contributed by atoms with E-state index in [1.54, 1.807) is 31.2 Å². The van der Waals surface area contributed by atoms with E-state index in [0.717, 1.165) is 0 Å². The smallest absolute Gasteiger partial charge is 0.339 e. The summed E-state index contributed by atoms with van der Waals surface area (Å²) in [4.78, 5) is 37.2. The van der Waals surface area contributed by atoms with Crippen LogP contribution in [-0.2, 0) is 14.3 Å². The van der Waals surface area contributed by atoms with Crippen molar-refractivity contribution in [1.29, 1.82) is 0 Å². The first kappa shape index (κ1) is 17.2. The van der Waals surface area contributed by atoms with Crippen molar-refractivity contribution in [3.63, 3.8) is 0 Å². The molecule has 8 nitrogen and oxygen atoms in total. The fourth-order valence-electron chi connectivity index (χ4n) is 2.11. The van der Waals surface area contributed by atoms with Gasteiger partial charge in [-0.15, -0.1) is 0 Å². The van der Waals surface area contributed by atoms with Crippen molar-refractivity contribution in [1.82, 2.24) is 5.16 Å². The van der Waals surface area contributed by atoms with Crippen LogP contribution in [0.4, 0.5) is 11.5 Å². The van der Waals surface area contributed by atoms with Crippen molar-refractivity contribution < 1.29 is 23.6 Å². The molecular formula is C16H17N3O5. The van der Waals surface area contributed by atoms with Gasteiger partial charge in [0.25, 0.3) is 0 Å². The van der Waals surface area contributed by atoms with E-state index in [2.05, 4.69) is 10.5 Å². The number of nitrogens with one attached hydrogen (secondary N) is 1. The van der Waals surface area contributed by atoms with E-state index in [1.165, 1.54) is 25.0 Å². The van der Waals surface area contributed by atoms with Crippen LogP contribution in [0.15, 0.2) is 34.9 Å². The summed E-state index contributed by atoms with van der Waals surface area (Å²) >= 11 is 0. The van der Waals surface area contributed by atoms with E-state index < -0.39 is 17.8 Å². The molecule has 0 saturated carbocycles. The number of anilines is 2. The lowest BCUT2D eigenvalue weighted by Gasteiger charge is -2.22. The molecule has 0 aliphatic carbocycles. The number of esters is 1. The number of carbonyl (C=O) groups excluding carboxylic acids is 3. The Balaban J connectivity index is 2.22. The van der Waals surface area contributed by atoms with E-state index in [4.69, 9.17) is 9.26 Å². The first-order chi connectivity index (χ1) is 11.4. The number of rotatable bonds is 5. The molecule has 1 N–H and O–H groups in total. The quantitative estimate of drug-likeness (QED) is 0.838. The summed E-state index contributed by atoms with van der Waals surface area (Å²) in [5.41, 5.74) is 0.489. The second-order valence-corrected chi connectivity index (χ2v) is 4.98. The predicted octanol–water partition coefficient (Wildman–Crippen LogP) is 1.76. The Hall–Kier alpha value is -3.16. The van der Waals surface area contributed by atoms with Crippen molar-refractivity contribution in [3.8, 4) is 0 Å². The highest BCUT2D eigenvalue weighted by atomic mass is 16.5. The minimum Gasteiger partial charge on any atom is -0.465 e. The number of aromatic nitrogens is 1. The Kier molecular flexibility index (Phi) is 5.31. The molecule has 2 aromatic rings. The zero-order valence-electron chi connectivity index (χ0n) is 13.5. The van der Waals surface area contributed by atoms with Crippen LogP contribution >= 0.6 is 0 Å². The average Bonchev–Trinajstić information content (AvgIpc) is 2.96. The van der Waals surface area contributed by atoms with Crippen molar-refractivity contribution in [3.05, 3.63) is 41.7 Å². The summed E-state index contributed by atoms with van der Waals surface area (Å²) in [6.45, 7) is 2.72. The van der Waals surface area contributed by atoms with Gasteiger partial charge in [0, 0.05) is 13.0 Å². The van der Waals surface area contributed by atoms with Gasteiger partial charge in [-0.25, -0.2) is 4.79 Å². The van der Waals surface area contributed by atoms with Crippen LogP contribution in [-0.4, -0.2) is 36.6 Å². The lowest BCUT2D eigenvalue weighted by molar-refractivity contribution is -0.120. The summed E-state index contributed by atoms with van der Waals surface area (Å²) in [5, 5.41) is 6.18. The summed E-state index contributed by atoms with van der Waals surface area (Å²) < 4.78 is 9.57. The first-order valence-electron chi connectivity index (χ1n) is 7.11. The largest absolute Gasteiger partial charge is 0.465 e. The average molecular weight is 331 g/mol. The third kappa shape index (κ3) is 3.97. The van der Waals surface area contributed by atoms with Crippen LogP contribution in [0.2, 0.25) is 0 Å². The zero-order valence-corrected chi connectivity index (χ0v) is 13.5. The van der Waals surface area contributed by atoms with Crippen molar-refractivity contribution in [2.45, 2.75) is 13.8 Å². The van der Waals surface area contributed by atoms with Crippen LogP contribution in [0.3, 0.4) is 0 Å². The maximum Gasteiger partial charge on any atom is 0.339 e. The van der Waals surface area contributed by atoms with Crippen molar-refractivity contribution in [2.24, 2.45) is 0 Å². The first-order valence-corrected chi connectivity index (χ1v) is 7.11. The SMILES string of the molecule is COC(=O)c1ccccc1N(CC(=O)Nc1cc(C)on1)C(C)=O. The van der Waals surface area contributed by atoms with Gasteiger partial charge in [0.15, 0.2) is 5.82 Å². The van der Waals surface area contributed by atoms with Gasteiger partial charge >= 0.3 is 5.97 Å². The van der Waals surface area contributed by atoms with E-state index in [-0.39, 0.29) is 17.9 Å². The number of aryl methyl sites for hydroxylation is 1. The van der Waals surface area contributed by atoms with Gasteiger partial charge in [-0.1, -0.05) is 17.3 Å². The van der Waals surface area contributed by atoms with Gasteiger partial charge < -0.3 is 19.5 Å². The minimum atomic E-state index is -0.593. The Morgan fingerprint density at radius 1 is 1.29 bits per heavy atom. The molecule has 24 heavy (non-hydrogen) atoms. The molecule has 1 aromatic carbocycles. The fraction of sp³-hybridized carbons (Fsp3) is 0.250. The van der Waals surface area contributed by atoms with Gasteiger partial charge in [-0.05, 0) is 19.1 Å². The molecule has 2 rings (SSSR count). The highest BCUT2D eigenvalue weighted by Gasteiger charge is 2.22. The monoisotopic (exact) mass is 331 g/mol. The zero-order chi connectivity index (χ0) is 17.7. The Labute approximate surface area is 138 Å². The number of hydrogen-bond acceptors (Lipinski definition) is 6. The molecule has 0 saturated heterocycles. The summed E-state index contributed by atoms with van der Waals surface area (Å²) in [7, 11) is 1.25. The lowest BCUT2D eigenvalue weighted by atomic mass is 10.1. The second-order valence-electron chi connectivity index (χ2n) is 4.98. The lowest BCUT2D eigenvalue weighted by Crippen LogP contribution is -2.37. The van der Waals surface area contributed by atoms with Crippen molar-refractivity contribution in [2.75, 3.05) is 23.9 Å². The molecule has 8 heteroatoms. The normalized spacial score (nSPS) is 10.1. The van der Waals surface area contributed by atoms with Crippen LogP contribution in [0.1, 0.15) is 23.0 Å². The number of methoxy groups -OCH3 is 1. The third-order valence-corrected chi connectivity index (χ3v) is 3.18. The molecule has 0 atom stereocenters. The summed E-state index contributed by atoms with van der Waals surface area (Å²) in [6, 6.07) is 7.96. The maximum absolute atomic E-state index is 12.2.